The highest BCUT2D eigenvalue weighted by Gasteiger charge is 2.89. The lowest BCUT2D eigenvalue weighted by molar-refractivity contribution is -0.415. The molecular weight excluding hydrogens is 533 g/mol. The van der Waals surface area contributed by atoms with Gasteiger partial charge in [0, 0.05) is 0 Å². The second-order valence-electron chi connectivity index (χ2n) is 5.39. The van der Waals surface area contributed by atoms with Gasteiger partial charge in [-0.25, -0.2) is 0 Å². The van der Waals surface area contributed by atoms with E-state index in [4.69, 9.17) is 0 Å². The van der Waals surface area contributed by atoms with E-state index in [1.807, 2.05) is 0 Å². The Bertz CT molecular complexity index is 720. The highest BCUT2D eigenvalue weighted by Crippen LogP contribution is 2.58. The van der Waals surface area contributed by atoms with Crippen molar-refractivity contribution in [1.29, 1.82) is 0 Å². The number of halogens is 21. The van der Waals surface area contributed by atoms with Crippen LogP contribution in [-0.2, 0) is 0 Å². The monoisotopic (exact) mass is 533 g/mol. The van der Waals surface area contributed by atoms with Crippen molar-refractivity contribution in [2.75, 3.05) is 0 Å². The average Bonchev–Trinajstić information content (AvgIpc) is 2.51. The fourth-order valence-electron chi connectivity index (χ4n) is 1.33. The van der Waals surface area contributed by atoms with Crippen LogP contribution in [0.15, 0.2) is 4.99 Å². The first kappa shape index (κ1) is 30.2. The fraction of sp³-hybridized carbons (Fsp3) is 0.900. The molecule has 0 aromatic rings. The van der Waals surface area contributed by atoms with Gasteiger partial charge in [0.15, 0.2) is 0 Å². The van der Waals surface area contributed by atoms with E-state index < -0.39 is 59.9 Å². The van der Waals surface area contributed by atoms with E-state index in [-0.39, 0.29) is 4.99 Å². The zero-order valence-electron chi connectivity index (χ0n) is 13.4. The summed E-state index contributed by atoms with van der Waals surface area (Å²) in [6.07, 6.45) is -15.5. The Morgan fingerprint density at radius 1 is 0.375 bits per heavy atom. The number of nitrogens with zero attached hydrogens (tertiary/aromatic N) is 1. The van der Waals surface area contributed by atoms with E-state index in [2.05, 4.69) is 0 Å². The van der Waals surface area contributed by atoms with Gasteiger partial charge in [0.1, 0.15) is 0 Å². The summed E-state index contributed by atoms with van der Waals surface area (Å²) in [6.45, 7) is 0. The van der Waals surface area contributed by atoms with Crippen molar-refractivity contribution in [3.8, 4) is 0 Å². The van der Waals surface area contributed by atoms with Gasteiger partial charge in [-0.05, 0) is 0 Å². The van der Waals surface area contributed by atoms with E-state index in [1.54, 1.807) is 0 Å². The molecule has 0 radical (unpaired) electrons. The molecule has 0 spiro atoms. The number of hydrogen-bond acceptors (Lipinski definition) is 1. The van der Waals surface area contributed by atoms with Gasteiger partial charge in [0.2, 0.25) is 0 Å². The highest BCUT2D eigenvalue weighted by atomic mass is 19.4. The van der Waals surface area contributed by atoms with Gasteiger partial charge in [0.05, 0.1) is 0 Å². The molecule has 192 valence electrons. The van der Waals surface area contributed by atoms with E-state index in [9.17, 15) is 92.2 Å². The minimum absolute atomic E-state index is 0.247. The standard InChI is InChI=1S/C10F21N/c11-1(32-10(30,31)7(22,23)6(20,21)9(27,28)29)2(12,13)3(14,15)4(16,17)5(18,19)8(24,25)26/b32-1-. The zero-order chi connectivity index (χ0) is 26.8. The second-order valence-corrected chi connectivity index (χ2v) is 5.39. The van der Waals surface area contributed by atoms with Crippen LogP contribution in [0.5, 0.6) is 0 Å². The number of aliphatic imine (C=N–C) groups is 1. The molecule has 32 heavy (non-hydrogen) atoms. The summed E-state index contributed by atoms with van der Waals surface area (Å²) in [7, 11) is 0. The van der Waals surface area contributed by atoms with Crippen LogP contribution in [0.25, 0.3) is 0 Å². The molecule has 0 aliphatic carbocycles. The normalized spacial score (nSPS) is 17.1. The summed E-state index contributed by atoms with van der Waals surface area (Å²) in [6, 6.07) is -7.84. The van der Waals surface area contributed by atoms with Crippen LogP contribution in [0.1, 0.15) is 0 Å². The molecule has 0 saturated heterocycles. The first-order chi connectivity index (χ1) is 13.4. The van der Waals surface area contributed by atoms with E-state index >= 15 is 0 Å². The molecular formula is C10F21N. The van der Waals surface area contributed by atoms with Gasteiger partial charge in [-0.1, -0.05) is 0 Å². The van der Waals surface area contributed by atoms with Crippen LogP contribution in [0.2, 0.25) is 0 Å². The molecule has 0 aromatic heterocycles. The third kappa shape index (κ3) is 4.00. The van der Waals surface area contributed by atoms with Gasteiger partial charge < -0.3 is 0 Å². The Morgan fingerprint density at radius 2 is 0.656 bits per heavy atom. The van der Waals surface area contributed by atoms with Crippen LogP contribution >= 0.6 is 0 Å². The Hall–Kier alpha value is -1.80. The molecule has 0 aliphatic rings. The first-order valence-electron chi connectivity index (χ1n) is 6.42. The Balaban J connectivity index is 6.69. The zero-order valence-corrected chi connectivity index (χ0v) is 13.4. The molecule has 0 unspecified atom stereocenters. The molecule has 22 heteroatoms. The lowest BCUT2D eigenvalue weighted by Crippen LogP contribution is -2.68. The maximum atomic E-state index is 13.0. The maximum Gasteiger partial charge on any atom is 0.460 e. The van der Waals surface area contributed by atoms with Crippen molar-refractivity contribution in [1.82, 2.24) is 0 Å². The lowest BCUT2D eigenvalue weighted by atomic mass is 9.98. The number of alkyl halides is 20. The fourth-order valence-corrected chi connectivity index (χ4v) is 1.33. The smallest absolute Gasteiger partial charge is 0.192 e. The van der Waals surface area contributed by atoms with Crippen molar-refractivity contribution < 1.29 is 92.2 Å². The summed E-state index contributed by atoms with van der Waals surface area (Å²) < 4.78 is 262. The molecule has 0 N–H and O–H groups in total. The van der Waals surface area contributed by atoms with E-state index in [1.165, 1.54) is 0 Å². The van der Waals surface area contributed by atoms with Crippen LogP contribution in [-0.4, -0.2) is 59.9 Å². The van der Waals surface area contributed by atoms with Crippen LogP contribution in [0, 0.1) is 0 Å². The van der Waals surface area contributed by atoms with Gasteiger partial charge >= 0.3 is 53.9 Å². The van der Waals surface area contributed by atoms with Crippen LogP contribution in [0.4, 0.5) is 92.2 Å². The van der Waals surface area contributed by atoms with Gasteiger partial charge in [0.25, 0.3) is 5.97 Å². The quantitative estimate of drug-likeness (QED) is 0.192. The predicted molar refractivity (Wildman–Crippen MR) is 55.3 cm³/mol. The molecule has 0 rings (SSSR count). The van der Waals surface area contributed by atoms with Gasteiger partial charge in [-0.2, -0.15) is 97.2 Å². The molecule has 0 aliphatic heterocycles. The van der Waals surface area contributed by atoms with Gasteiger partial charge in [-0.15, -0.1) is 0 Å². The van der Waals surface area contributed by atoms with Crippen molar-refractivity contribution in [2.45, 2.75) is 53.9 Å². The molecule has 0 saturated carbocycles. The molecule has 0 heterocycles. The van der Waals surface area contributed by atoms with Crippen molar-refractivity contribution in [2.24, 2.45) is 4.99 Å². The summed E-state index contributed by atoms with van der Waals surface area (Å²) in [5.41, 5.74) is 0. The molecule has 0 aromatic carbocycles. The van der Waals surface area contributed by atoms with Gasteiger partial charge in [-0.3, -0.25) is 0 Å². The third-order valence-electron chi connectivity index (χ3n) is 3.16. The van der Waals surface area contributed by atoms with E-state index in [0.717, 1.165) is 0 Å². The average molecular weight is 533 g/mol. The summed E-state index contributed by atoms with van der Waals surface area (Å²) in [4.78, 5) is -0.247. The minimum atomic E-state index is -8.47. The SMILES string of the molecule is F/C(=N\C(F)(F)C(F)(F)C(F)(F)C(F)(F)F)C(F)(F)C(F)(F)C(F)(F)C(F)(F)C(F)(F)F. The van der Waals surface area contributed by atoms with Crippen molar-refractivity contribution >= 4 is 5.97 Å². The summed E-state index contributed by atoms with van der Waals surface area (Å²) >= 11 is 0. The summed E-state index contributed by atoms with van der Waals surface area (Å²) in [5, 5.41) is 0. The lowest BCUT2D eigenvalue weighted by Gasteiger charge is -2.36. The maximum absolute atomic E-state index is 13.0. The first-order valence-corrected chi connectivity index (χ1v) is 6.42. The predicted octanol–water partition coefficient (Wildman–Crippen LogP) is 6.88. The van der Waals surface area contributed by atoms with Crippen LogP contribution < -0.4 is 0 Å². The summed E-state index contributed by atoms with van der Waals surface area (Å²) in [5.74, 6) is -54.8. The van der Waals surface area contributed by atoms with Crippen molar-refractivity contribution in [3.63, 3.8) is 0 Å². The molecule has 1 nitrogen and oxygen atoms in total. The van der Waals surface area contributed by atoms with Crippen LogP contribution in [0.3, 0.4) is 0 Å². The van der Waals surface area contributed by atoms with Crippen molar-refractivity contribution in [3.05, 3.63) is 0 Å². The third-order valence-corrected chi connectivity index (χ3v) is 3.16. The molecule has 0 amide bonds. The number of rotatable bonds is 7. The minimum Gasteiger partial charge on any atom is -0.192 e. The Kier molecular flexibility index (Phi) is 6.94. The Morgan fingerprint density at radius 3 is 0.938 bits per heavy atom. The topological polar surface area (TPSA) is 12.4 Å². The Labute approximate surface area is 158 Å². The molecule has 0 fully saturated rings. The molecule has 0 atom stereocenters. The van der Waals surface area contributed by atoms with E-state index in [0.29, 0.717) is 0 Å². The number of hydrogen-bond donors (Lipinski definition) is 0. The largest absolute Gasteiger partial charge is 0.460 e. The second kappa shape index (κ2) is 7.35. The highest BCUT2D eigenvalue weighted by molar-refractivity contribution is 5.84. The molecule has 0 bridgehead atoms.